The Morgan fingerprint density at radius 3 is 2.96 bits per heavy atom. The van der Waals surface area contributed by atoms with Crippen molar-refractivity contribution in [1.82, 2.24) is 14.6 Å². The number of morpholine rings is 1. The van der Waals surface area contributed by atoms with E-state index in [0.717, 1.165) is 54.6 Å². The summed E-state index contributed by atoms with van der Waals surface area (Å²) in [6.45, 7) is 7.60. The lowest BCUT2D eigenvalue weighted by atomic mass is 10.0. The second-order valence-electron chi connectivity index (χ2n) is 5.85. The molecule has 7 nitrogen and oxygen atoms in total. The first-order valence-electron chi connectivity index (χ1n) is 8.34. The van der Waals surface area contributed by atoms with Gasteiger partial charge in [-0.05, 0) is 23.3 Å². The molecule has 0 radical (unpaired) electrons. The van der Waals surface area contributed by atoms with E-state index in [-0.39, 0.29) is 0 Å². The van der Waals surface area contributed by atoms with Crippen LogP contribution >= 0.6 is 0 Å². The first kappa shape index (κ1) is 17.1. The largest absolute Gasteiger partial charge is 0.405 e. The molecular formula is C17H23BN6O. The maximum Gasteiger partial charge on any atom is 0.153 e. The van der Waals surface area contributed by atoms with Crippen LogP contribution < -0.4 is 21.4 Å². The highest BCUT2D eigenvalue weighted by Gasteiger charge is 2.16. The Bertz CT molecular complexity index is 807. The van der Waals surface area contributed by atoms with Gasteiger partial charge in [0.15, 0.2) is 5.65 Å². The molecular weight excluding hydrogens is 315 g/mol. The van der Waals surface area contributed by atoms with Crippen molar-refractivity contribution in [1.29, 1.82) is 0 Å². The van der Waals surface area contributed by atoms with Gasteiger partial charge in [0, 0.05) is 31.9 Å². The molecule has 0 aliphatic carbocycles. The van der Waals surface area contributed by atoms with Crippen molar-refractivity contribution in [2.45, 2.75) is 0 Å². The molecule has 8 heteroatoms. The van der Waals surface area contributed by atoms with Crippen molar-refractivity contribution in [3.05, 3.63) is 48.8 Å². The number of allylic oxidation sites excluding steroid dienone is 2. The van der Waals surface area contributed by atoms with Crippen LogP contribution in [0.3, 0.4) is 0 Å². The van der Waals surface area contributed by atoms with E-state index in [1.54, 1.807) is 6.08 Å². The molecule has 2 aromatic rings. The summed E-state index contributed by atoms with van der Waals surface area (Å²) < 4.78 is 7.27. The van der Waals surface area contributed by atoms with Gasteiger partial charge in [0.25, 0.3) is 0 Å². The molecule has 2 aromatic heterocycles. The number of ether oxygens (including phenoxy) is 1. The van der Waals surface area contributed by atoms with E-state index in [4.69, 9.17) is 15.5 Å². The number of fused-ring (bicyclic) bond motifs is 1. The van der Waals surface area contributed by atoms with Crippen molar-refractivity contribution in [2.24, 2.45) is 5.73 Å². The van der Waals surface area contributed by atoms with Crippen LogP contribution in [-0.2, 0) is 4.74 Å². The predicted octanol–water partition coefficient (Wildman–Crippen LogP) is -0.179. The third-order valence-electron chi connectivity index (χ3n) is 4.13. The fourth-order valence-electron chi connectivity index (χ4n) is 2.71. The SMILES string of the molecule is Bc1cnn2c(NC/C(C=C)=C/C=C\N)cc(N3CCOCC3)nc12. The third kappa shape index (κ3) is 3.85. The number of rotatable bonds is 6. The second-order valence-corrected chi connectivity index (χ2v) is 5.85. The molecule has 1 saturated heterocycles. The van der Waals surface area contributed by atoms with Crippen molar-refractivity contribution in [3.8, 4) is 0 Å². The number of nitrogens with two attached hydrogens (primary N) is 1. The Labute approximate surface area is 148 Å². The van der Waals surface area contributed by atoms with E-state index >= 15 is 0 Å². The van der Waals surface area contributed by atoms with Crippen LogP contribution in [0.25, 0.3) is 5.65 Å². The molecule has 130 valence electrons. The molecule has 1 aliphatic rings. The molecule has 0 bridgehead atoms. The summed E-state index contributed by atoms with van der Waals surface area (Å²) in [4.78, 5) is 7.02. The molecule has 3 rings (SSSR count). The van der Waals surface area contributed by atoms with E-state index in [2.05, 4.69) is 21.9 Å². The lowest BCUT2D eigenvalue weighted by molar-refractivity contribution is 0.122. The molecule has 3 N–H and O–H groups in total. The fraction of sp³-hybridized carbons (Fsp3) is 0.294. The Kier molecular flexibility index (Phi) is 5.40. The molecule has 0 atom stereocenters. The highest BCUT2D eigenvalue weighted by molar-refractivity contribution is 6.36. The van der Waals surface area contributed by atoms with Gasteiger partial charge in [-0.1, -0.05) is 18.7 Å². The zero-order valence-electron chi connectivity index (χ0n) is 14.5. The Hall–Kier alpha value is -2.74. The second kappa shape index (κ2) is 7.89. The van der Waals surface area contributed by atoms with E-state index in [1.807, 2.05) is 36.8 Å². The lowest BCUT2D eigenvalue weighted by Gasteiger charge is -2.28. The molecule has 0 saturated carbocycles. The van der Waals surface area contributed by atoms with E-state index in [9.17, 15) is 0 Å². The van der Waals surface area contributed by atoms with Crippen molar-refractivity contribution < 1.29 is 4.74 Å². The van der Waals surface area contributed by atoms with Gasteiger partial charge in [-0.25, -0.2) is 4.98 Å². The molecule has 0 unspecified atom stereocenters. The maximum atomic E-state index is 5.44. The van der Waals surface area contributed by atoms with Gasteiger partial charge in [0.05, 0.1) is 13.2 Å². The Balaban J connectivity index is 1.91. The molecule has 0 aromatic carbocycles. The van der Waals surface area contributed by atoms with Crippen LogP contribution in [0.5, 0.6) is 0 Å². The molecule has 0 spiro atoms. The normalized spacial score (nSPS) is 15.8. The van der Waals surface area contributed by atoms with Crippen molar-refractivity contribution in [2.75, 3.05) is 43.1 Å². The third-order valence-corrected chi connectivity index (χ3v) is 4.13. The number of hydrogen-bond donors (Lipinski definition) is 2. The van der Waals surface area contributed by atoms with Crippen LogP contribution in [0.1, 0.15) is 0 Å². The lowest BCUT2D eigenvalue weighted by Crippen LogP contribution is -2.37. The van der Waals surface area contributed by atoms with Crippen LogP contribution in [0.4, 0.5) is 11.6 Å². The topological polar surface area (TPSA) is 80.7 Å². The first-order valence-corrected chi connectivity index (χ1v) is 8.34. The van der Waals surface area contributed by atoms with Gasteiger partial charge in [-0.15, -0.1) is 0 Å². The Morgan fingerprint density at radius 2 is 2.24 bits per heavy atom. The number of hydrogen-bond acceptors (Lipinski definition) is 6. The van der Waals surface area contributed by atoms with Gasteiger partial charge < -0.3 is 20.7 Å². The quantitative estimate of drug-likeness (QED) is 0.562. The summed E-state index contributed by atoms with van der Waals surface area (Å²) in [7, 11) is 2.02. The van der Waals surface area contributed by atoms with Crippen LogP contribution in [0.15, 0.2) is 48.8 Å². The van der Waals surface area contributed by atoms with Gasteiger partial charge in [-0.3, -0.25) is 0 Å². The highest BCUT2D eigenvalue weighted by Crippen LogP contribution is 2.20. The van der Waals surface area contributed by atoms with Crippen LogP contribution in [0, 0.1) is 0 Å². The zero-order chi connectivity index (χ0) is 17.6. The van der Waals surface area contributed by atoms with Gasteiger partial charge in [0.2, 0.25) is 0 Å². The Morgan fingerprint density at radius 1 is 1.44 bits per heavy atom. The minimum atomic E-state index is 0.619. The standard InChI is InChI=1S/C17H23BN6O/c1-2-13(4-3-5-19)11-20-15-10-16(23-6-8-25-9-7-23)22-17-14(18)12-21-24(15)17/h2-5,10,12,20H,1,6-9,11,18-19H2/b5-3-,13-4+. The molecule has 1 fully saturated rings. The molecule has 1 aliphatic heterocycles. The smallest absolute Gasteiger partial charge is 0.153 e. The number of nitrogens with zero attached hydrogens (tertiary/aromatic N) is 4. The number of anilines is 2. The molecule has 0 amide bonds. The van der Waals surface area contributed by atoms with Crippen LogP contribution in [-0.4, -0.2) is 55.3 Å². The summed E-state index contributed by atoms with van der Waals surface area (Å²) >= 11 is 0. The van der Waals surface area contributed by atoms with Crippen molar-refractivity contribution >= 4 is 30.6 Å². The summed E-state index contributed by atoms with van der Waals surface area (Å²) in [5.74, 6) is 1.83. The fourth-order valence-corrected chi connectivity index (χ4v) is 2.71. The number of nitrogens with one attached hydrogen (secondary N) is 1. The minimum Gasteiger partial charge on any atom is -0.405 e. The number of aromatic nitrogens is 3. The van der Waals surface area contributed by atoms with E-state index in [1.165, 1.54) is 6.20 Å². The van der Waals surface area contributed by atoms with E-state index < -0.39 is 0 Å². The van der Waals surface area contributed by atoms with Gasteiger partial charge in [0.1, 0.15) is 19.5 Å². The van der Waals surface area contributed by atoms with Gasteiger partial charge in [-0.2, -0.15) is 9.61 Å². The monoisotopic (exact) mass is 338 g/mol. The molecule has 25 heavy (non-hydrogen) atoms. The summed E-state index contributed by atoms with van der Waals surface area (Å²) in [6, 6.07) is 2.03. The summed E-state index contributed by atoms with van der Waals surface area (Å²) in [5, 5.41) is 7.87. The maximum absolute atomic E-state index is 5.44. The first-order chi connectivity index (χ1) is 12.2. The zero-order valence-corrected chi connectivity index (χ0v) is 14.5. The highest BCUT2D eigenvalue weighted by atomic mass is 16.5. The summed E-state index contributed by atoms with van der Waals surface area (Å²) in [5.41, 5.74) is 8.34. The average molecular weight is 338 g/mol. The van der Waals surface area contributed by atoms with Crippen LogP contribution in [0.2, 0.25) is 0 Å². The van der Waals surface area contributed by atoms with E-state index in [0.29, 0.717) is 6.54 Å². The minimum absolute atomic E-state index is 0.619. The summed E-state index contributed by atoms with van der Waals surface area (Å²) in [6.07, 6.45) is 8.86. The van der Waals surface area contributed by atoms with Gasteiger partial charge >= 0.3 is 0 Å². The average Bonchev–Trinajstić information content (AvgIpc) is 3.03. The predicted molar refractivity (Wildman–Crippen MR) is 104 cm³/mol. The van der Waals surface area contributed by atoms with Crippen molar-refractivity contribution in [3.63, 3.8) is 0 Å². The molecule has 3 heterocycles.